The van der Waals surface area contributed by atoms with Crippen molar-refractivity contribution in [3.8, 4) is 0 Å². The molecule has 3 heteroatoms. The zero-order chi connectivity index (χ0) is 12.3. The lowest BCUT2D eigenvalue weighted by atomic mass is 10.1. The molecular formula is C14H18ClNO. The minimum Gasteiger partial charge on any atom is -0.340 e. The Balaban J connectivity index is 1.90. The van der Waals surface area contributed by atoms with Crippen molar-refractivity contribution in [1.82, 2.24) is 4.90 Å². The number of hydrogen-bond acceptors (Lipinski definition) is 1. The standard InChI is InChI=1S/C14H18ClNO/c1-11-5-4-10-16(11)14(17)9-8-12-6-2-3-7-13(12)15/h2-3,6-7,11H,4-5,8-10H2,1H3. The van der Waals surface area contributed by atoms with Crippen LogP contribution in [0.2, 0.25) is 5.02 Å². The second-order valence-corrected chi connectivity index (χ2v) is 5.08. The molecule has 0 bridgehead atoms. The highest BCUT2D eigenvalue weighted by molar-refractivity contribution is 6.31. The molecule has 0 aliphatic carbocycles. The SMILES string of the molecule is CC1CCCN1C(=O)CCc1ccccc1Cl. The number of rotatable bonds is 3. The van der Waals surface area contributed by atoms with Gasteiger partial charge in [-0.2, -0.15) is 0 Å². The first-order chi connectivity index (χ1) is 8.18. The van der Waals surface area contributed by atoms with Gasteiger partial charge in [-0.05, 0) is 37.8 Å². The minimum atomic E-state index is 0.259. The van der Waals surface area contributed by atoms with Gasteiger partial charge in [0.15, 0.2) is 0 Å². The number of halogens is 1. The molecule has 0 aromatic heterocycles. The highest BCUT2D eigenvalue weighted by Crippen LogP contribution is 2.20. The monoisotopic (exact) mass is 251 g/mol. The van der Waals surface area contributed by atoms with Crippen molar-refractivity contribution in [3.05, 3.63) is 34.9 Å². The van der Waals surface area contributed by atoms with Gasteiger partial charge >= 0.3 is 0 Å². The third-order valence-corrected chi connectivity index (χ3v) is 3.81. The Kier molecular flexibility index (Phi) is 4.06. The molecule has 92 valence electrons. The van der Waals surface area contributed by atoms with Gasteiger partial charge in [0, 0.05) is 24.0 Å². The van der Waals surface area contributed by atoms with E-state index < -0.39 is 0 Å². The van der Waals surface area contributed by atoms with Crippen molar-refractivity contribution in [2.75, 3.05) is 6.54 Å². The summed E-state index contributed by atoms with van der Waals surface area (Å²) in [5.41, 5.74) is 1.06. The average Bonchev–Trinajstić information content (AvgIpc) is 2.74. The Hall–Kier alpha value is -1.02. The van der Waals surface area contributed by atoms with Crippen LogP contribution in [0.3, 0.4) is 0 Å². The van der Waals surface area contributed by atoms with Crippen molar-refractivity contribution in [3.63, 3.8) is 0 Å². The molecule has 1 aromatic rings. The molecule has 1 fully saturated rings. The maximum atomic E-state index is 12.0. The van der Waals surface area contributed by atoms with Crippen LogP contribution < -0.4 is 0 Å². The fraction of sp³-hybridized carbons (Fsp3) is 0.500. The zero-order valence-corrected chi connectivity index (χ0v) is 10.9. The van der Waals surface area contributed by atoms with Crippen LogP contribution in [0.25, 0.3) is 0 Å². The van der Waals surface area contributed by atoms with E-state index in [2.05, 4.69) is 6.92 Å². The van der Waals surface area contributed by atoms with Crippen molar-refractivity contribution in [2.45, 2.75) is 38.6 Å². The highest BCUT2D eigenvalue weighted by Gasteiger charge is 2.24. The fourth-order valence-electron chi connectivity index (χ4n) is 2.39. The van der Waals surface area contributed by atoms with Gasteiger partial charge in [-0.25, -0.2) is 0 Å². The summed E-state index contributed by atoms with van der Waals surface area (Å²) in [7, 11) is 0. The summed E-state index contributed by atoms with van der Waals surface area (Å²) in [6.07, 6.45) is 3.58. The van der Waals surface area contributed by atoms with E-state index in [0.29, 0.717) is 12.5 Å². The number of carbonyl (C=O) groups is 1. The van der Waals surface area contributed by atoms with Crippen LogP contribution in [0, 0.1) is 0 Å². The van der Waals surface area contributed by atoms with Gasteiger partial charge in [-0.15, -0.1) is 0 Å². The third kappa shape index (κ3) is 3.01. The molecule has 2 nitrogen and oxygen atoms in total. The van der Waals surface area contributed by atoms with Gasteiger partial charge in [0.05, 0.1) is 0 Å². The van der Waals surface area contributed by atoms with E-state index in [-0.39, 0.29) is 5.91 Å². The van der Waals surface area contributed by atoms with Crippen LogP contribution in [-0.2, 0) is 11.2 Å². The fourth-order valence-corrected chi connectivity index (χ4v) is 2.62. The zero-order valence-electron chi connectivity index (χ0n) is 10.2. The Bertz CT molecular complexity index is 405. The molecule has 0 radical (unpaired) electrons. The van der Waals surface area contributed by atoms with Crippen LogP contribution in [0.4, 0.5) is 0 Å². The summed E-state index contributed by atoms with van der Waals surface area (Å²) in [6.45, 7) is 3.04. The number of nitrogens with zero attached hydrogens (tertiary/aromatic N) is 1. The number of hydrogen-bond donors (Lipinski definition) is 0. The summed E-state index contributed by atoms with van der Waals surface area (Å²) in [4.78, 5) is 14.0. The van der Waals surface area contributed by atoms with Crippen LogP contribution in [0.1, 0.15) is 31.7 Å². The molecule has 1 unspecified atom stereocenters. The molecule has 1 heterocycles. The van der Waals surface area contributed by atoms with Gasteiger partial charge in [0.25, 0.3) is 0 Å². The highest BCUT2D eigenvalue weighted by atomic mass is 35.5. The van der Waals surface area contributed by atoms with E-state index in [4.69, 9.17) is 11.6 Å². The van der Waals surface area contributed by atoms with Gasteiger partial charge in [0.2, 0.25) is 5.91 Å². The number of benzene rings is 1. The van der Waals surface area contributed by atoms with Gasteiger partial charge in [-0.1, -0.05) is 29.8 Å². The van der Waals surface area contributed by atoms with Gasteiger partial charge in [-0.3, -0.25) is 4.79 Å². The molecule has 2 rings (SSSR count). The van der Waals surface area contributed by atoms with E-state index in [9.17, 15) is 4.79 Å². The first-order valence-electron chi connectivity index (χ1n) is 6.21. The molecule has 1 aliphatic rings. The molecular weight excluding hydrogens is 234 g/mol. The van der Waals surface area contributed by atoms with Crippen molar-refractivity contribution >= 4 is 17.5 Å². The van der Waals surface area contributed by atoms with E-state index in [1.807, 2.05) is 29.2 Å². The smallest absolute Gasteiger partial charge is 0.223 e. The number of aryl methyl sites for hydroxylation is 1. The maximum Gasteiger partial charge on any atom is 0.223 e. The molecule has 1 amide bonds. The summed E-state index contributed by atoms with van der Waals surface area (Å²) in [6, 6.07) is 8.15. The van der Waals surface area contributed by atoms with Crippen LogP contribution in [-0.4, -0.2) is 23.4 Å². The summed E-state index contributed by atoms with van der Waals surface area (Å²) in [5.74, 6) is 0.259. The quantitative estimate of drug-likeness (QED) is 0.807. The molecule has 0 spiro atoms. The van der Waals surface area contributed by atoms with Crippen molar-refractivity contribution < 1.29 is 4.79 Å². The Morgan fingerprint density at radius 2 is 2.24 bits per heavy atom. The summed E-state index contributed by atoms with van der Waals surface area (Å²) < 4.78 is 0. The average molecular weight is 252 g/mol. The Morgan fingerprint density at radius 3 is 2.88 bits per heavy atom. The normalized spacial score (nSPS) is 19.6. The Morgan fingerprint density at radius 1 is 1.47 bits per heavy atom. The molecule has 1 atom stereocenters. The number of carbonyl (C=O) groups excluding carboxylic acids is 1. The molecule has 1 aromatic carbocycles. The second kappa shape index (κ2) is 5.54. The third-order valence-electron chi connectivity index (χ3n) is 3.44. The van der Waals surface area contributed by atoms with E-state index in [1.54, 1.807) is 0 Å². The van der Waals surface area contributed by atoms with Gasteiger partial charge < -0.3 is 4.90 Å². The second-order valence-electron chi connectivity index (χ2n) is 4.67. The van der Waals surface area contributed by atoms with E-state index in [1.165, 1.54) is 0 Å². The van der Waals surface area contributed by atoms with Crippen molar-refractivity contribution in [1.29, 1.82) is 0 Å². The first-order valence-corrected chi connectivity index (χ1v) is 6.59. The molecule has 17 heavy (non-hydrogen) atoms. The number of amides is 1. The lowest BCUT2D eigenvalue weighted by Crippen LogP contribution is -2.33. The molecule has 1 saturated heterocycles. The van der Waals surface area contributed by atoms with Crippen LogP contribution >= 0.6 is 11.6 Å². The van der Waals surface area contributed by atoms with Crippen LogP contribution in [0.15, 0.2) is 24.3 Å². The minimum absolute atomic E-state index is 0.259. The molecule has 0 N–H and O–H groups in total. The Labute approximate surface area is 108 Å². The topological polar surface area (TPSA) is 20.3 Å². The lowest BCUT2D eigenvalue weighted by Gasteiger charge is -2.21. The largest absolute Gasteiger partial charge is 0.340 e. The lowest BCUT2D eigenvalue weighted by molar-refractivity contribution is -0.131. The molecule has 1 aliphatic heterocycles. The summed E-state index contributed by atoms with van der Waals surface area (Å²) >= 11 is 6.07. The molecule has 0 saturated carbocycles. The predicted octanol–water partition coefficient (Wildman–Crippen LogP) is 3.28. The first kappa shape index (κ1) is 12.4. The maximum absolute atomic E-state index is 12.0. The van der Waals surface area contributed by atoms with Crippen LogP contribution in [0.5, 0.6) is 0 Å². The van der Waals surface area contributed by atoms with Crippen molar-refractivity contribution in [2.24, 2.45) is 0 Å². The number of likely N-dealkylation sites (tertiary alicyclic amines) is 1. The predicted molar refractivity (Wildman–Crippen MR) is 70.2 cm³/mol. The van der Waals surface area contributed by atoms with Gasteiger partial charge in [0.1, 0.15) is 0 Å². The van der Waals surface area contributed by atoms with E-state index in [0.717, 1.165) is 36.4 Å². The summed E-state index contributed by atoms with van der Waals surface area (Å²) in [5, 5.41) is 0.759. The van der Waals surface area contributed by atoms with E-state index >= 15 is 0 Å².